The van der Waals surface area contributed by atoms with Gasteiger partial charge in [0.2, 0.25) is 21.8 Å². The summed E-state index contributed by atoms with van der Waals surface area (Å²) in [6, 6.07) is 11.5. The van der Waals surface area contributed by atoms with Crippen molar-refractivity contribution in [3.8, 4) is 0 Å². The highest BCUT2D eigenvalue weighted by molar-refractivity contribution is 7.92. The number of rotatable bonds is 10. The SMILES string of the molecule is Cc1ccc(N(CC(=O)N(Cc2ccc(F)cc2)C(C)C(=O)NCC(C)C)S(C)(=O)=O)cc1. The fraction of sp³-hybridized carbons (Fsp3) is 0.417. The van der Waals surface area contributed by atoms with E-state index in [1.165, 1.54) is 29.2 Å². The standard InChI is InChI=1S/C24H32FN3O4S/c1-17(2)14-26-24(30)19(4)27(15-20-8-10-21(25)11-9-20)23(29)16-28(33(5,31)32)22-12-6-18(3)7-13-22/h6-13,17,19H,14-16H2,1-5H3,(H,26,30). The van der Waals surface area contributed by atoms with Crippen LogP contribution in [0.1, 0.15) is 31.9 Å². The Balaban J connectivity index is 2.34. The Hall–Kier alpha value is -2.94. The zero-order chi connectivity index (χ0) is 24.8. The molecule has 0 saturated carbocycles. The molecule has 0 aliphatic rings. The van der Waals surface area contributed by atoms with Gasteiger partial charge in [0.1, 0.15) is 18.4 Å². The molecule has 0 aliphatic carbocycles. The summed E-state index contributed by atoms with van der Waals surface area (Å²) in [5.41, 5.74) is 1.93. The van der Waals surface area contributed by atoms with Gasteiger partial charge in [-0.3, -0.25) is 13.9 Å². The minimum Gasteiger partial charge on any atom is -0.354 e. The van der Waals surface area contributed by atoms with Crippen LogP contribution in [0.2, 0.25) is 0 Å². The zero-order valence-corrected chi connectivity index (χ0v) is 20.5. The van der Waals surface area contributed by atoms with Crippen LogP contribution in [0.15, 0.2) is 48.5 Å². The second-order valence-corrected chi connectivity index (χ2v) is 10.5. The molecule has 0 fully saturated rings. The van der Waals surface area contributed by atoms with Crippen molar-refractivity contribution in [1.82, 2.24) is 10.2 Å². The van der Waals surface area contributed by atoms with Gasteiger partial charge in [-0.05, 0) is 49.6 Å². The monoisotopic (exact) mass is 477 g/mol. The van der Waals surface area contributed by atoms with Gasteiger partial charge in [-0.25, -0.2) is 12.8 Å². The summed E-state index contributed by atoms with van der Waals surface area (Å²) in [6.07, 6.45) is 1.03. The minimum atomic E-state index is -3.77. The molecule has 0 spiro atoms. The maximum absolute atomic E-state index is 13.4. The number of amides is 2. The Bertz CT molecular complexity index is 1050. The Morgan fingerprint density at radius 3 is 2.09 bits per heavy atom. The zero-order valence-electron chi connectivity index (χ0n) is 19.7. The predicted octanol–water partition coefficient (Wildman–Crippen LogP) is 3.09. The fourth-order valence-corrected chi connectivity index (χ4v) is 4.00. The van der Waals surface area contributed by atoms with Crippen LogP contribution in [0.4, 0.5) is 10.1 Å². The molecule has 1 unspecified atom stereocenters. The van der Waals surface area contributed by atoms with E-state index in [2.05, 4.69) is 5.32 Å². The highest BCUT2D eigenvalue weighted by Gasteiger charge is 2.30. The lowest BCUT2D eigenvalue weighted by Gasteiger charge is -2.31. The van der Waals surface area contributed by atoms with E-state index in [1.807, 2.05) is 20.8 Å². The van der Waals surface area contributed by atoms with Gasteiger partial charge in [0, 0.05) is 13.1 Å². The summed E-state index contributed by atoms with van der Waals surface area (Å²) in [5.74, 6) is -1.08. The first-order chi connectivity index (χ1) is 15.4. The van der Waals surface area contributed by atoms with Crippen LogP contribution >= 0.6 is 0 Å². The Kier molecular flexibility index (Phi) is 8.99. The second-order valence-electron chi connectivity index (χ2n) is 8.57. The average Bonchev–Trinajstić information content (AvgIpc) is 2.74. The van der Waals surface area contributed by atoms with Gasteiger partial charge in [0.05, 0.1) is 11.9 Å². The summed E-state index contributed by atoms with van der Waals surface area (Å²) in [4.78, 5) is 27.4. The minimum absolute atomic E-state index is 0.0286. The molecule has 1 atom stereocenters. The van der Waals surface area contributed by atoms with E-state index in [9.17, 15) is 22.4 Å². The molecule has 0 saturated heterocycles. The van der Waals surface area contributed by atoms with E-state index in [1.54, 1.807) is 31.2 Å². The van der Waals surface area contributed by atoms with Gasteiger partial charge in [-0.15, -0.1) is 0 Å². The summed E-state index contributed by atoms with van der Waals surface area (Å²) in [7, 11) is -3.77. The number of sulfonamides is 1. The molecule has 2 amide bonds. The number of nitrogens with zero attached hydrogens (tertiary/aromatic N) is 2. The van der Waals surface area contributed by atoms with Gasteiger partial charge in [-0.2, -0.15) is 0 Å². The lowest BCUT2D eigenvalue weighted by atomic mass is 10.1. The summed E-state index contributed by atoms with van der Waals surface area (Å²) in [5, 5.41) is 2.81. The van der Waals surface area contributed by atoms with Crippen molar-refractivity contribution in [2.24, 2.45) is 5.92 Å². The van der Waals surface area contributed by atoms with Crippen molar-refractivity contribution in [3.05, 3.63) is 65.5 Å². The second kappa shape index (κ2) is 11.3. The molecule has 0 aromatic heterocycles. The maximum atomic E-state index is 13.4. The molecule has 0 aliphatic heterocycles. The molecule has 180 valence electrons. The molecule has 2 rings (SSSR count). The highest BCUT2D eigenvalue weighted by Crippen LogP contribution is 2.19. The third-order valence-corrected chi connectivity index (χ3v) is 6.26. The average molecular weight is 478 g/mol. The molecular formula is C24H32FN3O4S. The van der Waals surface area contributed by atoms with E-state index in [0.29, 0.717) is 17.8 Å². The summed E-state index contributed by atoms with van der Waals surface area (Å²) < 4.78 is 39.3. The summed E-state index contributed by atoms with van der Waals surface area (Å²) >= 11 is 0. The van der Waals surface area contributed by atoms with Crippen molar-refractivity contribution in [1.29, 1.82) is 0 Å². The van der Waals surface area contributed by atoms with Crippen molar-refractivity contribution in [2.45, 2.75) is 40.3 Å². The van der Waals surface area contributed by atoms with Crippen molar-refractivity contribution in [3.63, 3.8) is 0 Å². The first-order valence-corrected chi connectivity index (χ1v) is 12.6. The molecule has 0 heterocycles. The Labute approximate surface area is 195 Å². The molecule has 2 aromatic carbocycles. The van der Waals surface area contributed by atoms with Gasteiger partial charge in [-0.1, -0.05) is 43.7 Å². The number of benzene rings is 2. The molecule has 9 heteroatoms. The molecular weight excluding hydrogens is 445 g/mol. The Morgan fingerprint density at radius 1 is 1.00 bits per heavy atom. The van der Waals surface area contributed by atoms with E-state index >= 15 is 0 Å². The topological polar surface area (TPSA) is 86.8 Å². The Morgan fingerprint density at radius 2 is 1.58 bits per heavy atom. The number of hydrogen-bond donors (Lipinski definition) is 1. The third kappa shape index (κ3) is 7.85. The fourth-order valence-electron chi connectivity index (χ4n) is 3.15. The lowest BCUT2D eigenvalue weighted by Crippen LogP contribution is -2.51. The highest BCUT2D eigenvalue weighted by atomic mass is 32.2. The van der Waals surface area contributed by atoms with Crippen molar-refractivity contribution in [2.75, 3.05) is 23.7 Å². The van der Waals surface area contributed by atoms with Crippen molar-refractivity contribution >= 4 is 27.5 Å². The molecule has 33 heavy (non-hydrogen) atoms. The van der Waals surface area contributed by atoms with E-state index in [-0.39, 0.29) is 18.4 Å². The van der Waals surface area contributed by atoms with Crippen molar-refractivity contribution < 1.29 is 22.4 Å². The van der Waals surface area contributed by atoms with Crippen LogP contribution in [0.3, 0.4) is 0 Å². The quantitative estimate of drug-likeness (QED) is 0.570. The third-order valence-electron chi connectivity index (χ3n) is 5.12. The molecule has 0 radical (unpaired) electrons. The normalized spacial score (nSPS) is 12.3. The molecule has 0 bridgehead atoms. The van der Waals surface area contributed by atoms with Gasteiger partial charge in [0.25, 0.3) is 0 Å². The van der Waals surface area contributed by atoms with Gasteiger partial charge in [0.15, 0.2) is 0 Å². The number of carbonyl (C=O) groups is 2. The summed E-state index contributed by atoms with van der Waals surface area (Å²) in [6.45, 7) is 7.39. The molecule has 1 N–H and O–H groups in total. The number of anilines is 1. The molecule has 7 nitrogen and oxygen atoms in total. The first kappa shape index (κ1) is 26.3. The largest absolute Gasteiger partial charge is 0.354 e. The van der Waals surface area contributed by atoms with Crippen LogP contribution in [-0.2, 0) is 26.2 Å². The number of nitrogens with one attached hydrogen (secondary N) is 1. The van der Waals surface area contributed by atoms with Crippen LogP contribution in [-0.4, -0.2) is 50.5 Å². The van der Waals surface area contributed by atoms with E-state index < -0.39 is 34.3 Å². The number of carbonyl (C=O) groups excluding carboxylic acids is 2. The number of aryl methyl sites for hydroxylation is 1. The van der Waals surface area contributed by atoms with E-state index in [0.717, 1.165) is 16.1 Å². The van der Waals surface area contributed by atoms with E-state index in [4.69, 9.17) is 0 Å². The lowest BCUT2D eigenvalue weighted by molar-refractivity contribution is -0.139. The van der Waals surface area contributed by atoms with Crippen LogP contribution in [0.25, 0.3) is 0 Å². The maximum Gasteiger partial charge on any atom is 0.244 e. The van der Waals surface area contributed by atoms with Gasteiger partial charge < -0.3 is 10.2 Å². The van der Waals surface area contributed by atoms with Crippen LogP contribution in [0, 0.1) is 18.7 Å². The number of hydrogen-bond acceptors (Lipinski definition) is 4. The smallest absolute Gasteiger partial charge is 0.244 e. The van der Waals surface area contributed by atoms with Gasteiger partial charge >= 0.3 is 0 Å². The first-order valence-electron chi connectivity index (χ1n) is 10.7. The number of halogens is 1. The van der Waals surface area contributed by atoms with Crippen LogP contribution < -0.4 is 9.62 Å². The molecule has 2 aromatic rings. The predicted molar refractivity (Wildman–Crippen MR) is 128 cm³/mol. The van der Waals surface area contributed by atoms with Crippen LogP contribution in [0.5, 0.6) is 0 Å².